The van der Waals surface area contributed by atoms with Crippen LogP contribution in [0.4, 0.5) is 0 Å². The van der Waals surface area contributed by atoms with Crippen LogP contribution in [0.3, 0.4) is 0 Å². The molecule has 1 amide bonds. The third kappa shape index (κ3) is 3.49. The Balaban J connectivity index is 1.34. The molecule has 4 nitrogen and oxygen atoms in total. The summed E-state index contributed by atoms with van der Waals surface area (Å²) in [4.78, 5) is 15.8. The minimum atomic E-state index is -0.550. The van der Waals surface area contributed by atoms with Gasteiger partial charge in [0.05, 0.1) is 18.1 Å². The van der Waals surface area contributed by atoms with Gasteiger partial charge < -0.3 is 15.3 Å². The van der Waals surface area contributed by atoms with Gasteiger partial charge in [-0.1, -0.05) is 20.8 Å². The number of fused-ring (bicyclic) bond motifs is 1. The van der Waals surface area contributed by atoms with E-state index < -0.39 is 6.10 Å². The zero-order valence-corrected chi connectivity index (χ0v) is 18.3. The molecule has 0 aromatic heterocycles. The quantitative estimate of drug-likeness (QED) is 0.700. The average Bonchev–Trinajstić information content (AvgIpc) is 3.19. The van der Waals surface area contributed by atoms with Crippen molar-refractivity contribution in [3.05, 3.63) is 10.6 Å². The highest BCUT2D eigenvalue weighted by Gasteiger charge is 2.57. The molecule has 3 fully saturated rings. The lowest BCUT2D eigenvalue weighted by Gasteiger charge is -2.46. The van der Waals surface area contributed by atoms with E-state index in [2.05, 4.69) is 33.0 Å². The number of carbonyl (C=O) groups is 1. The Kier molecular flexibility index (Phi) is 5.18. The van der Waals surface area contributed by atoms with Crippen LogP contribution in [0.2, 0.25) is 0 Å². The summed E-state index contributed by atoms with van der Waals surface area (Å²) < 4.78 is 0. The van der Waals surface area contributed by atoms with Crippen molar-refractivity contribution in [2.45, 2.75) is 90.2 Å². The molecule has 7 unspecified atom stereocenters. The normalized spacial score (nSPS) is 41.9. The van der Waals surface area contributed by atoms with Gasteiger partial charge in [0.15, 0.2) is 0 Å². The third-order valence-electron chi connectivity index (χ3n) is 7.52. The highest BCUT2D eigenvalue weighted by molar-refractivity contribution is 8.03. The lowest BCUT2D eigenvalue weighted by Crippen LogP contribution is -2.62. The molecule has 3 aliphatic heterocycles. The van der Waals surface area contributed by atoms with Crippen molar-refractivity contribution in [3.63, 3.8) is 0 Å². The molecule has 5 heteroatoms. The Labute approximate surface area is 168 Å². The van der Waals surface area contributed by atoms with E-state index in [1.165, 1.54) is 37.0 Å². The minimum absolute atomic E-state index is 0.112. The van der Waals surface area contributed by atoms with Crippen molar-refractivity contribution in [2.24, 2.45) is 23.2 Å². The second-order valence-electron chi connectivity index (χ2n) is 10.3. The van der Waals surface area contributed by atoms with E-state index in [1.54, 1.807) is 6.92 Å². The van der Waals surface area contributed by atoms with Crippen LogP contribution in [-0.2, 0) is 4.79 Å². The predicted molar refractivity (Wildman–Crippen MR) is 111 cm³/mol. The second-order valence-corrected chi connectivity index (χ2v) is 11.6. The van der Waals surface area contributed by atoms with Crippen molar-refractivity contribution < 1.29 is 9.90 Å². The molecule has 27 heavy (non-hydrogen) atoms. The summed E-state index contributed by atoms with van der Waals surface area (Å²) in [7, 11) is 0. The molecule has 1 saturated carbocycles. The van der Waals surface area contributed by atoms with Crippen LogP contribution >= 0.6 is 11.8 Å². The zero-order chi connectivity index (χ0) is 19.5. The lowest BCUT2D eigenvalue weighted by molar-refractivity contribution is -0.159. The van der Waals surface area contributed by atoms with Crippen LogP contribution in [0.25, 0.3) is 0 Å². The van der Waals surface area contributed by atoms with Gasteiger partial charge in [-0.2, -0.15) is 0 Å². The van der Waals surface area contributed by atoms with Crippen LogP contribution in [0.15, 0.2) is 10.6 Å². The number of nitrogens with one attached hydrogen (secondary N) is 1. The summed E-state index contributed by atoms with van der Waals surface area (Å²) in [6.07, 6.45) is 6.16. The Morgan fingerprint density at radius 2 is 2.15 bits per heavy atom. The molecule has 1 aliphatic carbocycles. The highest BCUT2D eigenvalue weighted by atomic mass is 32.2. The SMILES string of the molecule is CC1=C(SC2CNC(CC3CCC(C)(C)C3)C2)C(C)C2C(C(C)O)C(=O)N12. The number of β-lactam (4-membered cyclic amide) rings is 1. The van der Waals surface area contributed by atoms with Gasteiger partial charge >= 0.3 is 0 Å². The molecule has 7 atom stereocenters. The van der Waals surface area contributed by atoms with E-state index in [4.69, 9.17) is 0 Å². The summed E-state index contributed by atoms with van der Waals surface area (Å²) >= 11 is 2.00. The van der Waals surface area contributed by atoms with E-state index >= 15 is 0 Å². The Hall–Kier alpha value is -0.520. The molecular formula is C22H36N2O2S. The van der Waals surface area contributed by atoms with Gasteiger partial charge in [-0.15, -0.1) is 11.8 Å². The molecular weight excluding hydrogens is 356 g/mol. The number of thioether (sulfide) groups is 1. The number of rotatable bonds is 5. The smallest absolute Gasteiger partial charge is 0.234 e. The van der Waals surface area contributed by atoms with Gasteiger partial charge in [0.1, 0.15) is 0 Å². The van der Waals surface area contributed by atoms with Gasteiger partial charge in [0, 0.05) is 34.4 Å². The zero-order valence-electron chi connectivity index (χ0n) is 17.5. The topological polar surface area (TPSA) is 52.6 Å². The summed E-state index contributed by atoms with van der Waals surface area (Å²) in [5.74, 6) is 1.13. The summed E-state index contributed by atoms with van der Waals surface area (Å²) in [5.41, 5.74) is 1.68. The molecule has 4 aliphatic rings. The van der Waals surface area contributed by atoms with E-state index in [1.807, 2.05) is 16.7 Å². The van der Waals surface area contributed by atoms with Gasteiger partial charge in [-0.05, 0) is 57.3 Å². The molecule has 2 saturated heterocycles. The van der Waals surface area contributed by atoms with Gasteiger partial charge in [0.25, 0.3) is 0 Å². The molecule has 4 rings (SSSR count). The molecule has 0 aromatic carbocycles. The molecule has 0 radical (unpaired) electrons. The van der Waals surface area contributed by atoms with Crippen molar-refractivity contribution in [3.8, 4) is 0 Å². The summed E-state index contributed by atoms with van der Waals surface area (Å²) in [5, 5.41) is 14.4. The van der Waals surface area contributed by atoms with Crippen molar-refractivity contribution in [1.82, 2.24) is 10.2 Å². The molecule has 3 heterocycles. The highest BCUT2D eigenvalue weighted by Crippen LogP contribution is 2.52. The standard InChI is InChI=1S/C22H36N2O2S/c1-12-19-18(14(3)25)21(26)24(19)13(2)20(12)27-17-9-16(23-11-17)8-15-6-7-22(4,5)10-15/h12,14-19,23,25H,6-11H2,1-5H3. The largest absolute Gasteiger partial charge is 0.393 e. The first-order chi connectivity index (χ1) is 12.7. The maximum atomic E-state index is 12.4. The minimum Gasteiger partial charge on any atom is -0.393 e. The average molecular weight is 393 g/mol. The first-order valence-electron chi connectivity index (χ1n) is 10.8. The monoisotopic (exact) mass is 392 g/mol. The molecule has 152 valence electrons. The fourth-order valence-corrected chi connectivity index (χ4v) is 7.65. The molecule has 2 N–H and O–H groups in total. The maximum absolute atomic E-state index is 12.4. The predicted octanol–water partition coefficient (Wildman–Crippen LogP) is 3.76. The summed E-state index contributed by atoms with van der Waals surface area (Å²) in [6, 6.07) is 0.828. The van der Waals surface area contributed by atoms with Crippen molar-refractivity contribution in [1.29, 1.82) is 0 Å². The Bertz CT molecular complexity index is 644. The number of hydrogen-bond acceptors (Lipinski definition) is 4. The van der Waals surface area contributed by atoms with Crippen LogP contribution < -0.4 is 5.32 Å². The number of allylic oxidation sites excluding steroid dienone is 1. The van der Waals surface area contributed by atoms with Gasteiger partial charge in [0.2, 0.25) is 5.91 Å². The fraction of sp³-hybridized carbons (Fsp3) is 0.864. The first-order valence-corrected chi connectivity index (χ1v) is 11.7. The Morgan fingerprint density at radius 1 is 1.41 bits per heavy atom. The number of nitrogens with zero attached hydrogens (tertiary/aromatic N) is 1. The summed E-state index contributed by atoms with van der Waals surface area (Å²) in [6.45, 7) is 12.0. The van der Waals surface area contributed by atoms with Crippen molar-refractivity contribution >= 4 is 17.7 Å². The van der Waals surface area contributed by atoms with E-state index in [0.29, 0.717) is 22.6 Å². The molecule has 0 bridgehead atoms. The number of hydrogen-bond donors (Lipinski definition) is 2. The van der Waals surface area contributed by atoms with Crippen LogP contribution in [0.5, 0.6) is 0 Å². The van der Waals surface area contributed by atoms with Crippen LogP contribution in [0, 0.1) is 23.2 Å². The number of aliphatic hydroxyl groups excluding tert-OH is 1. The van der Waals surface area contributed by atoms with Crippen LogP contribution in [-0.4, -0.2) is 45.9 Å². The number of amides is 1. The Morgan fingerprint density at radius 3 is 2.78 bits per heavy atom. The van der Waals surface area contributed by atoms with Crippen molar-refractivity contribution in [2.75, 3.05) is 6.54 Å². The maximum Gasteiger partial charge on any atom is 0.234 e. The third-order valence-corrected chi connectivity index (χ3v) is 9.13. The van der Waals surface area contributed by atoms with E-state index in [-0.39, 0.29) is 17.9 Å². The number of aliphatic hydroxyl groups is 1. The van der Waals surface area contributed by atoms with Gasteiger partial charge in [-0.3, -0.25) is 4.79 Å². The molecule has 0 spiro atoms. The van der Waals surface area contributed by atoms with Gasteiger partial charge in [-0.25, -0.2) is 0 Å². The fourth-order valence-electron chi connectivity index (χ4n) is 6.16. The second kappa shape index (κ2) is 7.07. The lowest BCUT2D eigenvalue weighted by atomic mass is 9.79. The van der Waals surface area contributed by atoms with E-state index in [0.717, 1.165) is 18.2 Å². The van der Waals surface area contributed by atoms with E-state index in [9.17, 15) is 9.90 Å². The first kappa shape index (κ1) is 19.8. The number of carbonyl (C=O) groups excluding carboxylic acids is 1. The molecule has 0 aromatic rings. The van der Waals surface area contributed by atoms with Crippen LogP contribution in [0.1, 0.15) is 66.7 Å².